The Morgan fingerprint density at radius 2 is 2.42 bits per heavy atom. The first-order valence-electron chi connectivity index (χ1n) is 4.17. The number of aromatic nitrogens is 3. The summed E-state index contributed by atoms with van der Waals surface area (Å²) >= 11 is 5.81. The average molecular weight is 188 g/mol. The van der Waals surface area contributed by atoms with Gasteiger partial charge in [0.15, 0.2) is 0 Å². The molecule has 1 aromatic heterocycles. The predicted octanol–water partition coefficient (Wildman–Crippen LogP) is 1.77. The lowest BCUT2D eigenvalue weighted by molar-refractivity contribution is 0.645. The van der Waals surface area contributed by atoms with Crippen LogP contribution in [0.25, 0.3) is 0 Å². The smallest absolute Gasteiger partial charge is 0.138 e. The molecule has 1 atom stereocenters. The van der Waals surface area contributed by atoms with E-state index in [0.717, 1.165) is 25.1 Å². The second kappa shape index (κ2) is 4.45. The standard InChI is InChI=1S/C8H14ClN3/c1-7(9)4-3-5-8-10-6-11-12(8)2/h6-7H,3-5H2,1-2H3. The first-order chi connectivity index (χ1) is 5.70. The second-order valence-corrected chi connectivity index (χ2v) is 3.72. The van der Waals surface area contributed by atoms with Crippen LogP contribution in [0.3, 0.4) is 0 Å². The van der Waals surface area contributed by atoms with E-state index in [1.54, 1.807) is 11.0 Å². The zero-order chi connectivity index (χ0) is 8.97. The van der Waals surface area contributed by atoms with Gasteiger partial charge in [-0.05, 0) is 19.8 Å². The number of aryl methyl sites for hydroxylation is 2. The summed E-state index contributed by atoms with van der Waals surface area (Å²) in [6.45, 7) is 2.01. The summed E-state index contributed by atoms with van der Waals surface area (Å²) in [5, 5.41) is 4.25. The zero-order valence-electron chi connectivity index (χ0n) is 7.50. The number of nitrogens with zero attached hydrogens (tertiary/aromatic N) is 3. The molecule has 0 aliphatic carbocycles. The van der Waals surface area contributed by atoms with Gasteiger partial charge in [0.1, 0.15) is 12.2 Å². The van der Waals surface area contributed by atoms with Crippen molar-refractivity contribution in [3.8, 4) is 0 Å². The highest BCUT2D eigenvalue weighted by Crippen LogP contribution is 2.06. The summed E-state index contributed by atoms with van der Waals surface area (Å²) in [4.78, 5) is 4.12. The van der Waals surface area contributed by atoms with E-state index in [1.807, 2.05) is 14.0 Å². The van der Waals surface area contributed by atoms with Gasteiger partial charge in [0.2, 0.25) is 0 Å². The van der Waals surface area contributed by atoms with Gasteiger partial charge in [-0.15, -0.1) is 11.6 Å². The summed E-state index contributed by atoms with van der Waals surface area (Å²) in [6.07, 6.45) is 4.67. The van der Waals surface area contributed by atoms with Gasteiger partial charge >= 0.3 is 0 Å². The average Bonchev–Trinajstić information content (AvgIpc) is 2.36. The van der Waals surface area contributed by atoms with E-state index in [1.165, 1.54) is 0 Å². The Morgan fingerprint density at radius 1 is 1.67 bits per heavy atom. The third-order valence-electron chi connectivity index (χ3n) is 1.81. The molecule has 0 bridgehead atoms. The Labute approximate surface area is 77.8 Å². The van der Waals surface area contributed by atoms with Gasteiger partial charge in [-0.25, -0.2) is 4.98 Å². The third-order valence-corrected chi connectivity index (χ3v) is 2.03. The largest absolute Gasteiger partial charge is 0.253 e. The maximum absolute atomic E-state index is 5.81. The van der Waals surface area contributed by atoms with Crippen LogP contribution in [0.15, 0.2) is 6.33 Å². The molecule has 0 aromatic carbocycles. The summed E-state index contributed by atoms with van der Waals surface area (Å²) < 4.78 is 1.80. The van der Waals surface area contributed by atoms with E-state index < -0.39 is 0 Å². The van der Waals surface area contributed by atoms with Crippen molar-refractivity contribution in [2.75, 3.05) is 0 Å². The third kappa shape index (κ3) is 2.81. The molecule has 4 heteroatoms. The maximum atomic E-state index is 5.81. The normalized spacial score (nSPS) is 13.2. The van der Waals surface area contributed by atoms with E-state index in [9.17, 15) is 0 Å². The highest BCUT2D eigenvalue weighted by molar-refractivity contribution is 6.20. The molecule has 1 heterocycles. The molecule has 0 amide bonds. The first kappa shape index (κ1) is 9.52. The number of rotatable bonds is 4. The Morgan fingerprint density at radius 3 is 2.92 bits per heavy atom. The quantitative estimate of drug-likeness (QED) is 0.673. The topological polar surface area (TPSA) is 30.7 Å². The molecule has 12 heavy (non-hydrogen) atoms. The number of halogens is 1. The summed E-state index contributed by atoms with van der Waals surface area (Å²) in [5.41, 5.74) is 0. The van der Waals surface area contributed by atoms with Crippen LogP contribution in [0, 0.1) is 0 Å². The lowest BCUT2D eigenvalue weighted by Gasteiger charge is -2.01. The van der Waals surface area contributed by atoms with Crippen molar-refractivity contribution in [2.45, 2.75) is 31.6 Å². The van der Waals surface area contributed by atoms with Crippen molar-refractivity contribution in [1.82, 2.24) is 14.8 Å². The van der Waals surface area contributed by atoms with Crippen molar-refractivity contribution in [3.63, 3.8) is 0 Å². The lowest BCUT2D eigenvalue weighted by Crippen LogP contribution is -2.01. The fraction of sp³-hybridized carbons (Fsp3) is 0.750. The van der Waals surface area contributed by atoms with Crippen molar-refractivity contribution >= 4 is 11.6 Å². The van der Waals surface area contributed by atoms with Gasteiger partial charge < -0.3 is 0 Å². The van der Waals surface area contributed by atoms with Gasteiger partial charge in [-0.3, -0.25) is 4.68 Å². The van der Waals surface area contributed by atoms with E-state index in [0.29, 0.717) is 0 Å². The van der Waals surface area contributed by atoms with E-state index in [-0.39, 0.29) is 5.38 Å². The van der Waals surface area contributed by atoms with Crippen LogP contribution in [0.2, 0.25) is 0 Å². The van der Waals surface area contributed by atoms with Crippen LogP contribution in [0.4, 0.5) is 0 Å². The molecule has 1 aromatic rings. The molecule has 3 nitrogen and oxygen atoms in total. The predicted molar refractivity (Wildman–Crippen MR) is 49.3 cm³/mol. The van der Waals surface area contributed by atoms with Gasteiger partial charge in [0.25, 0.3) is 0 Å². The molecule has 0 fully saturated rings. The van der Waals surface area contributed by atoms with Gasteiger partial charge in [-0.2, -0.15) is 5.10 Å². The highest BCUT2D eigenvalue weighted by Gasteiger charge is 2.01. The minimum Gasteiger partial charge on any atom is -0.253 e. The lowest BCUT2D eigenvalue weighted by atomic mass is 10.2. The Balaban J connectivity index is 2.29. The molecular weight excluding hydrogens is 174 g/mol. The van der Waals surface area contributed by atoms with Gasteiger partial charge in [-0.1, -0.05) is 0 Å². The summed E-state index contributed by atoms with van der Waals surface area (Å²) in [6, 6.07) is 0. The zero-order valence-corrected chi connectivity index (χ0v) is 8.25. The SMILES string of the molecule is CC(Cl)CCCc1ncnn1C. The fourth-order valence-corrected chi connectivity index (χ4v) is 1.24. The fourth-order valence-electron chi connectivity index (χ4n) is 1.09. The van der Waals surface area contributed by atoms with E-state index in [4.69, 9.17) is 11.6 Å². The molecule has 0 aliphatic rings. The second-order valence-electron chi connectivity index (χ2n) is 2.97. The van der Waals surface area contributed by atoms with Gasteiger partial charge in [0.05, 0.1) is 0 Å². The van der Waals surface area contributed by atoms with E-state index in [2.05, 4.69) is 10.1 Å². The van der Waals surface area contributed by atoms with Crippen molar-refractivity contribution in [3.05, 3.63) is 12.2 Å². The molecule has 0 aliphatic heterocycles. The van der Waals surface area contributed by atoms with Crippen LogP contribution >= 0.6 is 11.6 Å². The Bertz CT molecular complexity index is 232. The van der Waals surface area contributed by atoms with E-state index >= 15 is 0 Å². The van der Waals surface area contributed by atoms with Crippen molar-refractivity contribution in [1.29, 1.82) is 0 Å². The van der Waals surface area contributed by atoms with Crippen LogP contribution in [-0.2, 0) is 13.5 Å². The molecule has 0 radical (unpaired) electrons. The highest BCUT2D eigenvalue weighted by atomic mass is 35.5. The molecule has 0 spiro atoms. The molecular formula is C8H14ClN3. The molecule has 68 valence electrons. The monoisotopic (exact) mass is 187 g/mol. The van der Waals surface area contributed by atoms with Crippen LogP contribution in [0.5, 0.6) is 0 Å². The number of alkyl halides is 1. The molecule has 1 rings (SSSR count). The minimum absolute atomic E-state index is 0.262. The minimum atomic E-state index is 0.262. The summed E-state index contributed by atoms with van der Waals surface area (Å²) in [5.74, 6) is 1.03. The van der Waals surface area contributed by atoms with Crippen molar-refractivity contribution in [2.24, 2.45) is 7.05 Å². The molecule has 1 unspecified atom stereocenters. The maximum Gasteiger partial charge on any atom is 0.138 e. The molecule has 0 saturated carbocycles. The Hall–Kier alpha value is -0.570. The van der Waals surface area contributed by atoms with Crippen molar-refractivity contribution < 1.29 is 0 Å². The first-order valence-corrected chi connectivity index (χ1v) is 4.60. The molecule has 0 saturated heterocycles. The Kier molecular flexibility index (Phi) is 3.53. The van der Waals surface area contributed by atoms with Crippen LogP contribution in [-0.4, -0.2) is 20.1 Å². The van der Waals surface area contributed by atoms with Crippen LogP contribution in [0.1, 0.15) is 25.6 Å². The molecule has 0 N–H and O–H groups in total. The van der Waals surface area contributed by atoms with Crippen LogP contribution < -0.4 is 0 Å². The number of hydrogen-bond acceptors (Lipinski definition) is 2. The summed E-state index contributed by atoms with van der Waals surface area (Å²) in [7, 11) is 1.91. The van der Waals surface area contributed by atoms with Gasteiger partial charge in [0, 0.05) is 18.8 Å². The number of hydrogen-bond donors (Lipinski definition) is 0.